The van der Waals surface area contributed by atoms with Crippen molar-refractivity contribution >= 4 is 29.9 Å². The maximum Gasteiger partial charge on any atom is 0.191 e. The van der Waals surface area contributed by atoms with Crippen molar-refractivity contribution in [2.45, 2.75) is 51.5 Å². The normalized spacial score (nSPS) is 19.5. The lowest BCUT2D eigenvalue weighted by Gasteiger charge is -2.12. The van der Waals surface area contributed by atoms with Crippen LogP contribution in [0.15, 0.2) is 29.3 Å². The van der Waals surface area contributed by atoms with Crippen LogP contribution in [0.3, 0.4) is 0 Å². The summed E-state index contributed by atoms with van der Waals surface area (Å²) in [5.41, 5.74) is 2.85. The molecule has 0 aromatic heterocycles. The Morgan fingerprint density at radius 2 is 2.00 bits per heavy atom. The smallest absolute Gasteiger partial charge is 0.191 e. The molecule has 1 aliphatic rings. The summed E-state index contributed by atoms with van der Waals surface area (Å²) in [5, 5.41) is 6.90. The molecule has 24 heavy (non-hydrogen) atoms. The third-order valence-corrected chi connectivity index (χ3v) is 4.32. The Morgan fingerprint density at radius 1 is 1.25 bits per heavy atom. The molecule has 1 aromatic rings. The molecule has 0 heterocycles. The van der Waals surface area contributed by atoms with E-state index in [4.69, 9.17) is 4.74 Å². The number of aryl methyl sites for hydroxylation is 1. The molecule has 0 radical (unpaired) electrons. The topological polar surface area (TPSA) is 45.6 Å². The Bertz CT molecular complexity index is 507. The minimum Gasteiger partial charge on any atom is -0.381 e. The fraction of sp³-hybridized carbons (Fsp3) is 0.632. The molecule has 5 heteroatoms. The first kappa shape index (κ1) is 21.2. The van der Waals surface area contributed by atoms with Crippen molar-refractivity contribution in [2.75, 3.05) is 26.8 Å². The van der Waals surface area contributed by atoms with Crippen molar-refractivity contribution in [1.29, 1.82) is 0 Å². The van der Waals surface area contributed by atoms with Gasteiger partial charge in [0, 0.05) is 38.8 Å². The highest BCUT2D eigenvalue weighted by molar-refractivity contribution is 14.0. The van der Waals surface area contributed by atoms with E-state index in [0.29, 0.717) is 12.0 Å². The van der Waals surface area contributed by atoms with Gasteiger partial charge in [-0.05, 0) is 37.3 Å². The number of nitrogens with one attached hydrogen (secondary N) is 2. The van der Waals surface area contributed by atoms with E-state index < -0.39 is 0 Å². The Kier molecular flexibility index (Phi) is 10.3. The highest BCUT2D eigenvalue weighted by atomic mass is 127. The zero-order chi connectivity index (χ0) is 16.5. The molecule has 0 spiro atoms. The van der Waals surface area contributed by atoms with Gasteiger partial charge in [0.25, 0.3) is 0 Å². The van der Waals surface area contributed by atoms with Crippen molar-refractivity contribution in [2.24, 2.45) is 4.99 Å². The Balaban J connectivity index is 0.00000288. The summed E-state index contributed by atoms with van der Waals surface area (Å²) in [5.74, 6) is 1.52. The first-order valence-electron chi connectivity index (χ1n) is 8.86. The number of ether oxygens (including phenoxy) is 1. The van der Waals surface area contributed by atoms with Crippen molar-refractivity contribution < 1.29 is 4.74 Å². The number of guanidine groups is 1. The number of nitrogens with zero attached hydrogens (tertiary/aromatic N) is 1. The van der Waals surface area contributed by atoms with E-state index in [1.807, 2.05) is 7.05 Å². The van der Waals surface area contributed by atoms with Gasteiger partial charge in [-0.3, -0.25) is 4.99 Å². The Morgan fingerprint density at radius 3 is 2.71 bits per heavy atom. The van der Waals surface area contributed by atoms with Gasteiger partial charge in [-0.25, -0.2) is 0 Å². The van der Waals surface area contributed by atoms with E-state index in [-0.39, 0.29) is 24.0 Å². The van der Waals surface area contributed by atoms with Crippen LogP contribution in [0.1, 0.15) is 49.7 Å². The van der Waals surface area contributed by atoms with E-state index in [0.717, 1.165) is 38.6 Å². The first-order chi connectivity index (χ1) is 11.3. The van der Waals surface area contributed by atoms with Gasteiger partial charge in [0.05, 0.1) is 0 Å². The van der Waals surface area contributed by atoms with Gasteiger partial charge in [-0.1, -0.05) is 37.6 Å². The second-order valence-electron chi connectivity index (χ2n) is 6.27. The molecular formula is C19H32IN3O. The summed E-state index contributed by atoms with van der Waals surface area (Å²) in [6.45, 7) is 6.97. The Hall–Kier alpha value is -0.820. The maximum absolute atomic E-state index is 5.57. The predicted octanol–water partition coefficient (Wildman–Crippen LogP) is 3.84. The van der Waals surface area contributed by atoms with Gasteiger partial charge in [-0.15, -0.1) is 24.0 Å². The van der Waals surface area contributed by atoms with Crippen LogP contribution >= 0.6 is 24.0 Å². The summed E-state index contributed by atoms with van der Waals surface area (Å²) >= 11 is 0. The lowest BCUT2D eigenvalue weighted by atomic mass is 10.0. The molecule has 2 unspecified atom stereocenters. The number of hydrogen-bond acceptors (Lipinski definition) is 2. The molecular weight excluding hydrogens is 413 g/mol. The molecule has 4 nitrogen and oxygen atoms in total. The zero-order valence-corrected chi connectivity index (χ0v) is 17.5. The molecule has 1 saturated carbocycles. The third kappa shape index (κ3) is 6.97. The van der Waals surface area contributed by atoms with Crippen LogP contribution in [0.25, 0.3) is 0 Å². The van der Waals surface area contributed by atoms with E-state index in [2.05, 4.69) is 53.7 Å². The summed E-state index contributed by atoms with van der Waals surface area (Å²) in [7, 11) is 1.83. The average molecular weight is 445 g/mol. The minimum absolute atomic E-state index is 0. The molecule has 0 aliphatic heterocycles. The first-order valence-corrected chi connectivity index (χ1v) is 8.86. The van der Waals surface area contributed by atoms with E-state index >= 15 is 0 Å². The number of rotatable bonds is 9. The van der Waals surface area contributed by atoms with Gasteiger partial charge in [0.1, 0.15) is 0 Å². The van der Waals surface area contributed by atoms with E-state index in [1.165, 1.54) is 24.0 Å². The quantitative estimate of drug-likeness (QED) is 0.263. The van der Waals surface area contributed by atoms with Crippen LogP contribution < -0.4 is 10.6 Å². The summed E-state index contributed by atoms with van der Waals surface area (Å²) in [6, 6.07) is 9.17. The number of halogens is 1. The number of aliphatic imine (C=N–C) groups is 1. The fourth-order valence-corrected chi connectivity index (χ4v) is 2.80. The molecule has 2 atom stereocenters. The minimum atomic E-state index is 0. The standard InChI is InChI=1S/C19H31N3O.HI/c1-4-5-12-23-13-8-11-21-19(20-3)22-18-14-17(18)16-10-7-6-9-15(16)2;/h6-7,9-10,17-18H,4-5,8,11-14H2,1-3H3,(H2,20,21,22);1H. The van der Waals surface area contributed by atoms with Gasteiger partial charge < -0.3 is 15.4 Å². The monoisotopic (exact) mass is 445 g/mol. The van der Waals surface area contributed by atoms with Crippen molar-refractivity contribution in [3.63, 3.8) is 0 Å². The highest BCUT2D eigenvalue weighted by Gasteiger charge is 2.39. The summed E-state index contributed by atoms with van der Waals surface area (Å²) < 4.78 is 5.57. The van der Waals surface area contributed by atoms with Crippen molar-refractivity contribution in [1.82, 2.24) is 10.6 Å². The van der Waals surface area contributed by atoms with Gasteiger partial charge in [0.15, 0.2) is 5.96 Å². The van der Waals surface area contributed by atoms with Crippen molar-refractivity contribution in [3.8, 4) is 0 Å². The molecule has 0 bridgehead atoms. The van der Waals surface area contributed by atoms with Crippen LogP contribution in [0.5, 0.6) is 0 Å². The van der Waals surface area contributed by atoms with Crippen LogP contribution in [0, 0.1) is 6.92 Å². The lowest BCUT2D eigenvalue weighted by molar-refractivity contribution is 0.129. The molecule has 1 fully saturated rings. The van der Waals surface area contributed by atoms with Crippen LogP contribution in [-0.4, -0.2) is 38.8 Å². The molecule has 1 aliphatic carbocycles. The molecule has 1 aromatic carbocycles. The predicted molar refractivity (Wildman–Crippen MR) is 113 cm³/mol. The molecule has 136 valence electrons. The zero-order valence-electron chi connectivity index (χ0n) is 15.2. The van der Waals surface area contributed by atoms with E-state index in [1.54, 1.807) is 0 Å². The maximum atomic E-state index is 5.57. The molecule has 2 rings (SSSR count). The molecule has 0 saturated heterocycles. The largest absolute Gasteiger partial charge is 0.381 e. The van der Waals surface area contributed by atoms with Crippen molar-refractivity contribution in [3.05, 3.63) is 35.4 Å². The lowest BCUT2D eigenvalue weighted by Crippen LogP contribution is -2.39. The van der Waals surface area contributed by atoms with Crippen LogP contribution in [0.4, 0.5) is 0 Å². The molecule has 2 N–H and O–H groups in total. The fourth-order valence-electron chi connectivity index (χ4n) is 2.80. The summed E-state index contributed by atoms with van der Waals surface area (Å²) in [4.78, 5) is 4.32. The van der Waals surface area contributed by atoms with Gasteiger partial charge in [0.2, 0.25) is 0 Å². The van der Waals surface area contributed by atoms with Gasteiger partial charge >= 0.3 is 0 Å². The second-order valence-corrected chi connectivity index (χ2v) is 6.27. The van der Waals surface area contributed by atoms with Crippen LogP contribution in [0.2, 0.25) is 0 Å². The number of benzene rings is 1. The molecule has 0 amide bonds. The third-order valence-electron chi connectivity index (χ3n) is 4.32. The SMILES string of the molecule is CCCCOCCCNC(=NC)NC1CC1c1ccccc1C.I. The number of hydrogen-bond donors (Lipinski definition) is 2. The average Bonchev–Trinajstić information content (AvgIpc) is 3.32. The Labute approximate surface area is 163 Å². The number of unbranched alkanes of at least 4 members (excludes halogenated alkanes) is 1. The van der Waals surface area contributed by atoms with E-state index in [9.17, 15) is 0 Å². The van der Waals surface area contributed by atoms with Gasteiger partial charge in [-0.2, -0.15) is 0 Å². The summed E-state index contributed by atoms with van der Waals surface area (Å²) in [6.07, 6.45) is 4.54. The van der Waals surface area contributed by atoms with Crippen LogP contribution in [-0.2, 0) is 4.74 Å². The second kappa shape index (κ2) is 11.7. The highest BCUT2D eigenvalue weighted by Crippen LogP contribution is 2.41.